The van der Waals surface area contributed by atoms with Crippen LogP contribution in [0, 0.1) is 0 Å². The first-order valence-corrected chi connectivity index (χ1v) is 9.49. The number of rotatable bonds is 4. The number of hydrogen-bond donors (Lipinski definition) is 4. The fourth-order valence-electron chi connectivity index (χ4n) is 2.89. The second-order valence-corrected chi connectivity index (χ2v) is 8.16. The van der Waals surface area contributed by atoms with Gasteiger partial charge in [0.25, 0.3) is 11.2 Å². The van der Waals surface area contributed by atoms with Crippen LogP contribution < -0.4 is 11.5 Å². The van der Waals surface area contributed by atoms with Gasteiger partial charge in [-0.3, -0.25) is 0 Å². The van der Waals surface area contributed by atoms with Gasteiger partial charge in [0.2, 0.25) is 0 Å². The molecule has 196 valence electrons. The highest BCUT2D eigenvalue weighted by Crippen LogP contribution is 2.54. The lowest BCUT2D eigenvalue weighted by atomic mass is 9.91. The molecule has 0 fully saturated rings. The van der Waals surface area contributed by atoms with Crippen LogP contribution in [0.25, 0.3) is 0 Å². The Morgan fingerprint density at radius 3 is 1.00 bits per heavy atom. The predicted molar refractivity (Wildman–Crippen MR) is 97.8 cm³/mol. The van der Waals surface area contributed by atoms with Crippen molar-refractivity contribution in [2.45, 2.75) is 45.7 Å². The van der Waals surface area contributed by atoms with Crippen molar-refractivity contribution in [2.24, 2.45) is 0 Å². The number of aliphatic hydroxyl groups is 2. The molecule has 0 aromatic heterocycles. The van der Waals surface area contributed by atoms with Crippen LogP contribution >= 0.6 is 11.8 Å². The molecule has 2 aromatic carbocycles. The molecule has 0 heterocycles. The summed E-state index contributed by atoms with van der Waals surface area (Å²) in [5.74, 6) is 0. The first-order valence-electron chi connectivity index (χ1n) is 8.68. The number of anilines is 2. The highest BCUT2D eigenvalue weighted by atomic mass is 32.2. The molecule has 0 saturated carbocycles. The Balaban J connectivity index is 2.66. The molecule has 0 aliphatic heterocycles. The van der Waals surface area contributed by atoms with E-state index in [1.54, 1.807) is 0 Å². The lowest BCUT2D eigenvalue weighted by molar-refractivity contribution is -0.376. The van der Waals surface area contributed by atoms with Gasteiger partial charge in [-0.25, -0.2) is 0 Å². The summed E-state index contributed by atoms with van der Waals surface area (Å²) >= 11 is 0.105. The number of benzene rings is 2. The summed E-state index contributed by atoms with van der Waals surface area (Å²) in [6.45, 7) is 0. The van der Waals surface area contributed by atoms with Crippen LogP contribution in [0.3, 0.4) is 0 Å². The molecule has 0 radical (unpaired) electrons. The summed E-state index contributed by atoms with van der Waals surface area (Å²) in [6, 6.07) is 2.87. The third-order valence-electron chi connectivity index (χ3n) is 4.71. The monoisotopic (exact) mass is 548 g/mol. The first kappa shape index (κ1) is 28.7. The Bertz CT molecular complexity index is 979. The molecule has 0 aliphatic carbocycles. The minimum absolute atomic E-state index is 0.105. The molecule has 0 spiro atoms. The maximum atomic E-state index is 13.2. The zero-order chi connectivity index (χ0) is 27.4. The van der Waals surface area contributed by atoms with Gasteiger partial charge in [-0.1, -0.05) is 11.8 Å². The molecule has 0 amide bonds. The van der Waals surface area contributed by atoms with Crippen molar-refractivity contribution in [1.29, 1.82) is 0 Å². The third-order valence-corrected chi connectivity index (χ3v) is 5.69. The molecular formula is C18H12F12N2O2S. The average Bonchev–Trinajstić information content (AvgIpc) is 2.66. The quantitative estimate of drug-likeness (QED) is 0.294. The van der Waals surface area contributed by atoms with E-state index in [0.29, 0.717) is 12.1 Å². The van der Waals surface area contributed by atoms with Crippen LogP contribution in [-0.4, -0.2) is 34.9 Å². The van der Waals surface area contributed by atoms with Crippen LogP contribution in [0.5, 0.6) is 0 Å². The van der Waals surface area contributed by atoms with Crippen molar-refractivity contribution in [3.05, 3.63) is 47.5 Å². The minimum atomic E-state index is -6.31. The zero-order valence-corrected chi connectivity index (χ0v) is 17.3. The molecule has 0 bridgehead atoms. The van der Waals surface area contributed by atoms with Gasteiger partial charge in [-0.2, -0.15) is 52.7 Å². The van der Waals surface area contributed by atoms with Crippen LogP contribution in [0.4, 0.5) is 64.1 Å². The Hall–Kier alpha value is -2.53. The number of nitrogen functional groups attached to an aromatic ring is 2. The topological polar surface area (TPSA) is 92.5 Å². The Morgan fingerprint density at radius 2 is 0.771 bits per heavy atom. The van der Waals surface area contributed by atoms with E-state index in [4.69, 9.17) is 11.5 Å². The first-order chi connectivity index (χ1) is 15.5. The molecule has 35 heavy (non-hydrogen) atoms. The smallest absolute Gasteiger partial charge is 0.398 e. The lowest BCUT2D eigenvalue weighted by Crippen LogP contribution is -2.54. The molecule has 4 nitrogen and oxygen atoms in total. The maximum Gasteiger partial charge on any atom is 0.430 e. The van der Waals surface area contributed by atoms with E-state index >= 15 is 0 Å². The van der Waals surface area contributed by atoms with Gasteiger partial charge in [0.15, 0.2) is 0 Å². The Kier molecular flexibility index (Phi) is 7.01. The summed E-state index contributed by atoms with van der Waals surface area (Å²) in [7, 11) is 0. The molecule has 17 heteroatoms. The van der Waals surface area contributed by atoms with Gasteiger partial charge >= 0.3 is 24.7 Å². The average molecular weight is 548 g/mol. The SMILES string of the molecule is Nc1ccc(Sc2ccc(N)c(C(O)(C(F)(F)F)C(F)(F)F)c2)cc1C(O)(C(F)(F)F)C(F)(F)F. The highest BCUT2D eigenvalue weighted by Gasteiger charge is 2.73. The number of hydrogen-bond acceptors (Lipinski definition) is 5. The summed E-state index contributed by atoms with van der Waals surface area (Å²) in [6.07, 6.45) is -25.3. The van der Waals surface area contributed by atoms with Crippen molar-refractivity contribution in [3.8, 4) is 0 Å². The second kappa shape index (κ2) is 8.55. The molecule has 0 saturated heterocycles. The molecule has 2 aromatic rings. The lowest BCUT2D eigenvalue weighted by Gasteiger charge is -2.34. The van der Waals surface area contributed by atoms with E-state index in [1.807, 2.05) is 0 Å². The minimum Gasteiger partial charge on any atom is -0.398 e. The molecule has 0 aliphatic rings. The van der Waals surface area contributed by atoms with Gasteiger partial charge in [-0.15, -0.1) is 0 Å². The van der Waals surface area contributed by atoms with E-state index < -0.39 is 68.2 Å². The zero-order valence-electron chi connectivity index (χ0n) is 16.5. The maximum absolute atomic E-state index is 13.2. The summed E-state index contributed by atoms with van der Waals surface area (Å²) in [4.78, 5) is -1.20. The Morgan fingerprint density at radius 1 is 0.514 bits per heavy atom. The molecule has 0 atom stereocenters. The molecular weight excluding hydrogens is 536 g/mol. The van der Waals surface area contributed by atoms with Gasteiger partial charge in [0.1, 0.15) is 0 Å². The van der Waals surface area contributed by atoms with Crippen LogP contribution in [0.15, 0.2) is 46.2 Å². The van der Waals surface area contributed by atoms with Crippen molar-refractivity contribution in [2.75, 3.05) is 11.5 Å². The normalized spacial score (nSPS) is 14.3. The number of alkyl halides is 12. The van der Waals surface area contributed by atoms with E-state index in [2.05, 4.69) is 0 Å². The van der Waals surface area contributed by atoms with E-state index in [-0.39, 0.29) is 23.9 Å². The highest BCUT2D eigenvalue weighted by molar-refractivity contribution is 7.99. The molecule has 2 rings (SSSR count). The standard InChI is InChI=1S/C18H12F12N2O2S/c19-15(20,21)13(33,16(22,23)24)9-5-7(1-3-11(9)31)35-8-2-4-12(32)10(6-8)14(34,17(25,26)27)18(28,29)30/h1-6,33-34H,31-32H2. The molecule has 0 unspecified atom stereocenters. The predicted octanol–water partition coefficient (Wildman–Crippen LogP) is 5.63. The van der Waals surface area contributed by atoms with Crippen LogP contribution in [0.2, 0.25) is 0 Å². The van der Waals surface area contributed by atoms with Gasteiger partial charge in [0.05, 0.1) is 0 Å². The fourth-order valence-corrected chi connectivity index (χ4v) is 3.79. The Labute approximate surface area is 191 Å². The number of nitrogens with two attached hydrogens (primary N) is 2. The second-order valence-electron chi connectivity index (χ2n) is 7.01. The van der Waals surface area contributed by atoms with E-state index in [9.17, 15) is 62.9 Å². The van der Waals surface area contributed by atoms with Crippen molar-refractivity contribution >= 4 is 23.1 Å². The van der Waals surface area contributed by atoms with Crippen molar-refractivity contribution in [3.63, 3.8) is 0 Å². The number of halogens is 12. The van der Waals surface area contributed by atoms with Crippen molar-refractivity contribution in [1.82, 2.24) is 0 Å². The van der Waals surface area contributed by atoms with Gasteiger partial charge in [-0.05, 0) is 36.4 Å². The van der Waals surface area contributed by atoms with E-state index in [0.717, 1.165) is 12.1 Å². The van der Waals surface area contributed by atoms with Crippen molar-refractivity contribution < 1.29 is 62.9 Å². The van der Waals surface area contributed by atoms with E-state index in [1.165, 1.54) is 0 Å². The third kappa shape index (κ3) is 4.80. The molecule has 6 N–H and O–H groups in total. The largest absolute Gasteiger partial charge is 0.430 e. The fraction of sp³-hybridized carbons (Fsp3) is 0.333. The summed E-state index contributed by atoms with van der Waals surface area (Å²) in [5, 5.41) is 19.1. The van der Waals surface area contributed by atoms with Crippen LogP contribution in [-0.2, 0) is 11.2 Å². The van der Waals surface area contributed by atoms with Gasteiger partial charge in [0, 0.05) is 32.3 Å². The summed E-state index contributed by atoms with van der Waals surface area (Å²) in [5.41, 5.74) is -6.58. The van der Waals surface area contributed by atoms with Crippen LogP contribution in [0.1, 0.15) is 11.1 Å². The summed E-state index contributed by atoms with van der Waals surface area (Å²) < 4.78 is 158. The van der Waals surface area contributed by atoms with Gasteiger partial charge < -0.3 is 21.7 Å².